The van der Waals surface area contributed by atoms with Gasteiger partial charge in [0.25, 0.3) is 0 Å². The molecule has 0 bridgehead atoms. The van der Waals surface area contributed by atoms with Crippen LogP contribution in [-0.2, 0) is 0 Å². The normalized spacial score (nSPS) is 14.8. The van der Waals surface area contributed by atoms with Crippen molar-refractivity contribution in [3.63, 3.8) is 0 Å². The van der Waals surface area contributed by atoms with E-state index in [9.17, 15) is 0 Å². The maximum Gasteiger partial charge on any atom is 0.124 e. The van der Waals surface area contributed by atoms with Crippen molar-refractivity contribution in [3.05, 3.63) is 29.8 Å². The van der Waals surface area contributed by atoms with Crippen molar-refractivity contribution < 1.29 is 4.74 Å². The molecular formula is C19H33NO. The minimum Gasteiger partial charge on any atom is -0.494 e. The topological polar surface area (TPSA) is 21.3 Å². The molecule has 2 unspecified atom stereocenters. The number of ether oxygens (including phenoxy) is 1. The zero-order valence-corrected chi connectivity index (χ0v) is 14.7. The summed E-state index contributed by atoms with van der Waals surface area (Å²) in [5, 5.41) is 3.71. The van der Waals surface area contributed by atoms with Gasteiger partial charge in [-0.1, -0.05) is 52.8 Å². The highest BCUT2D eigenvalue weighted by Gasteiger charge is 2.25. The van der Waals surface area contributed by atoms with E-state index in [1.54, 1.807) is 0 Å². The molecule has 2 atom stereocenters. The molecule has 0 aliphatic carbocycles. The average Bonchev–Trinajstić information content (AvgIpc) is 2.43. The smallest absolute Gasteiger partial charge is 0.124 e. The lowest BCUT2D eigenvalue weighted by Crippen LogP contribution is -2.28. The van der Waals surface area contributed by atoms with E-state index in [4.69, 9.17) is 4.74 Å². The second-order valence-electron chi connectivity index (χ2n) is 6.98. The summed E-state index contributed by atoms with van der Waals surface area (Å²) in [7, 11) is 0. The molecule has 0 spiro atoms. The van der Waals surface area contributed by atoms with Crippen molar-refractivity contribution in [1.82, 2.24) is 5.32 Å². The Bertz CT molecular complexity index is 408. The molecule has 0 aromatic heterocycles. The summed E-state index contributed by atoms with van der Waals surface area (Å²) in [6.07, 6.45) is 2.28. The fourth-order valence-corrected chi connectivity index (χ4v) is 2.40. The second-order valence-corrected chi connectivity index (χ2v) is 6.98. The minimum absolute atomic E-state index is 0.326. The Morgan fingerprint density at radius 1 is 1.14 bits per heavy atom. The summed E-state index contributed by atoms with van der Waals surface area (Å²) < 4.78 is 5.83. The molecule has 0 aliphatic heterocycles. The van der Waals surface area contributed by atoms with Crippen LogP contribution in [0.4, 0.5) is 0 Å². The molecule has 0 saturated heterocycles. The van der Waals surface area contributed by atoms with Crippen LogP contribution in [0.25, 0.3) is 0 Å². The zero-order valence-electron chi connectivity index (χ0n) is 14.7. The van der Waals surface area contributed by atoms with Crippen LogP contribution >= 0.6 is 0 Å². The Morgan fingerprint density at radius 3 is 2.38 bits per heavy atom. The fourth-order valence-electron chi connectivity index (χ4n) is 2.40. The van der Waals surface area contributed by atoms with Crippen LogP contribution in [0.15, 0.2) is 24.3 Å². The molecule has 120 valence electrons. The van der Waals surface area contributed by atoms with Gasteiger partial charge in [-0.3, -0.25) is 0 Å². The summed E-state index contributed by atoms with van der Waals surface area (Å²) >= 11 is 0. The monoisotopic (exact) mass is 291 g/mol. The van der Waals surface area contributed by atoms with Crippen LogP contribution in [0.1, 0.15) is 66.0 Å². The SMILES string of the molecule is CCCNC(CC(C)C(C)(C)C)c1ccccc1OCC. The molecule has 1 aromatic rings. The van der Waals surface area contributed by atoms with Crippen LogP contribution < -0.4 is 10.1 Å². The van der Waals surface area contributed by atoms with Gasteiger partial charge in [0.15, 0.2) is 0 Å². The van der Waals surface area contributed by atoms with Crippen LogP contribution in [0.2, 0.25) is 0 Å². The molecule has 0 saturated carbocycles. The van der Waals surface area contributed by atoms with E-state index in [1.165, 1.54) is 5.56 Å². The zero-order chi connectivity index (χ0) is 15.9. The molecule has 21 heavy (non-hydrogen) atoms. The number of hydrogen-bond acceptors (Lipinski definition) is 2. The molecule has 2 nitrogen and oxygen atoms in total. The number of para-hydroxylation sites is 1. The first-order valence-corrected chi connectivity index (χ1v) is 8.35. The third-order valence-electron chi connectivity index (χ3n) is 4.30. The lowest BCUT2D eigenvalue weighted by Gasteiger charge is -2.32. The third-order valence-corrected chi connectivity index (χ3v) is 4.30. The first-order chi connectivity index (χ1) is 9.90. The van der Waals surface area contributed by atoms with E-state index < -0.39 is 0 Å². The Morgan fingerprint density at radius 2 is 1.81 bits per heavy atom. The summed E-state index contributed by atoms with van der Waals surface area (Å²) in [5.41, 5.74) is 1.62. The van der Waals surface area contributed by atoms with Crippen LogP contribution in [-0.4, -0.2) is 13.2 Å². The van der Waals surface area contributed by atoms with Gasteiger partial charge in [0.05, 0.1) is 6.61 Å². The molecule has 0 fully saturated rings. The van der Waals surface area contributed by atoms with E-state index >= 15 is 0 Å². The quantitative estimate of drug-likeness (QED) is 0.711. The van der Waals surface area contributed by atoms with Crippen molar-refractivity contribution in [2.75, 3.05) is 13.2 Å². The molecule has 0 radical (unpaired) electrons. The first-order valence-electron chi connectivity index (χ1n) is 8.35. The standard InChI is InChI=1S/C19H33NO/c1-7-13-20-17(14-15(3)19(4,5)6)16-11-9-10-12-18(16)21-8-2/h9-12,15,17,20H,7-8,13-14H2,1-6H3. The molecule has 0 heterocycles. The van der Waals surface area contributed by atoms with Gasteiger partial charge in [-0.05, 0) is 43.7 Å². The van der Waals surface area contributed by atoms with Gasteiger partial charge < -0.3 is 10.1 Å². The maximum absolute atomic E-state index is 5.83. The predicted molar refractivity (Wildman–Crippen MR) is 91.9 cm³/mol. The van der Waals surface area contributed by atoms with Crippen molar-refractivity contribution >= 4 is 0 Å². The average molecular weight is 291 g/mol. The van der Waals surface area contributed by atoms with E-state index in [1.807, 2.05) is 6.92 Å². The number of benzene rings is 1. The van der Waals surface area contributed by atoms with Crippen molar-refractivity contribution in [1.29, 1.82) is 0 Å². The summed E-state index contributed by atoms with van der Waals surface area (Å²) in [6, 6.07) is 8.81. The van der Waals surface area contributed by atoms with Crippen molar-refractivity contribution in [3.8, 4) is 5.75 Å². The van der Waals surface area contributed by atoms with Crippen molar-refractivity contribution in [2.45, 2.75) is 60.4 Å². The highest BCUT2D eigenvalue weighted by molar-refractivity contribution is 5.36. The minimum atomic E-state index is 0.326. The van der Waals surface area contributed by atoms with Gasteiger partial charge in [-0.2, -0.15) is 0 Å². The molecular weight excluding hydrogens is 258 g/mol. The second kappa shape index (κ2) is 8.43. The van der Waals surface area contributed by atoms with Gasteiger partial charge in [-0.15, -0.1) is 0 Å². The Labute approximate surface area is 131 Å². The van der Waals surface area contributed by atoms with Crippen molar-refractivity contribution in [2.24, 2.45) is 11.3 Å². The van der Waals surface area contributed by atoms with Gasteiger partial charge in [0.2, 0.25) is 0 Å². The van der Waals surface area contributed by atoms with E-state index in [2.05, 4.69) is 64.2 Å². The summed E-state index contributed by atoms with van der Waals surface area (Å²) in [6.45, 7) is 15.3. The van der Waals surface area contributed by atoms with Crippen LogP contribution in [0.5, 0.6) is 5.75 Å². The van der Waals surface area contributed by atoms with Gasteiger partial charge >= 0.3 is 0 Å². The van der Waals surface area contributed by atoms with Gasteiger partial charge in [-0.25, -0.2) is 0 Å². The van der Waals surface area contributed by atoms with Gasteiger partial charge in [0.1, 0.15) is 5.75 Å². The number of rotatable bonds is 8. The molecule has 1 aromatic carbocycles. The Hall–Kier alpha value is -1.02. The Balaban J connectivity index is 2.96. The highest BCUT2D eigenvalue weighted by Crippen LogP contribution is 2.36. The maximum atomic E-state index is 5.83. The lowest BCUT2D eigenvalue weighted by molar-refractivity contribution is 0.221. The largest absolute Gasteiger partial charge is 0.494 e. The van der Waals surface area contributed by atoms with E-state index in [-0.39, 0.29) is 0 Å². The van der Waals surface area contributed by atoms with Crippen LogP contribution in [0, 0.1) is 11.3 Å². The molecule has 0 amide bonds. The predicted octanol–water partition coefficient (Wildman–Crippen LogP) is 5.20. The highest BCUT2D eigenvalue weighted by atomic mass is 16.5. The number of hydrogen-bond donors (Lipinski definition) is 1. The van der Waals surface area contributed by atoms with Crippen LogP contribution in [0.3, 0.4) is 0 Å². The molecule has 1 N–H and O–H groups in total. The Kier molecular flexibility index (Phi) is 7.24. The first kappa shape index (κ1) is 18.0. The molecule has 2 heteroatoms. The van der Waals surface area contributed by atoms with E-state index in [0.717, 1.165) is 25.1 Å². The lowest BCUT2D eigenvalue weighted by atomic mass is 9.77. The van der Waals surface area contributed by atoms with E-state index in [0.29, 0.717) is 24.0 Å². The fraction of sp³-hybridized carbons (Fsp3) is 0.684. The van der Waals surface area contributed by atoms with Gasteiger partial charge in [0, 0.05) is 11.6 Å². The third kappa shape index (κ3) is 5.70. The number of nitrogens with one attached hydrogen (secondary N) is 1. The molecule has 1 rings (SSSR count). The summed E-state index contributed by atoms with van der Waals surface area (Å²) in [4.78, 5) is 0. The summed E-state index contributed by atoms with van der Waals surface area (Å²) in [5.74, 6) is 1.66. The molecule has 0 aliphatic rings.